The van der Waals surface area contributed by atoms with Gasteiger partial charge in [-0.25, -0.2) is 4.39 Å². The molecule has 0 spiro atoms. The molecular formula is C15H20FNO. The predicted octanol–water partition coefficient (Wildman–Crippen LogP) is 3.04. The number of terminal acetylenes is 1. The molecule has 1 rings (SSSR count). The van der Waals surface area contributed by atoms with Gasteiger partial charge >= 0.3 is 0 Å². The van der Waals surface area contributed by atoms with Gasteiger partial charge in [0.15, 0.2) is 0 Å². The number of aryl methyl sites for hydroxylation is 1. The lowest BCUT2D eigenvalue weighted by Crippen LogP contribution is -2.26. The lowest BCUT2D eigenvalue weighted by Gasteiger charge is -2.26. The lowest BCUT2D eigenvalue weighted by molar-refractivity contribution is 0.199. The first-order valence-electron chi connectivity index (χ1n) is 6.17. The van der Waals surface area contributed by atoms with Gasteiger partial charge in [0.2, 0.25) is 0 Å². The van der Waals surface area contributed by atoms with Crippen molar-refractivity contribution in [2.24, 2.45) is 0 Å². The monoisotopic (exact) mass is 249 g/mol. The van der Waals surface area contributed by atoms with Crippen LogP contribution in [0.2, 0.25) is 0 Å². The number of aliphatic hydroxyl groups is 1. The zero-order valence-electron chi connectivity index (χ0n) is 11.2. The molecule has 0 aromatic heterocycles. The largest absolute Gasteiger partial charge is 0.389 e. The second kappa shape index (κ2) is 6.42. The van der Waals surface area contributed by atoms with Crippen molar-refractivity contribution in [3.05, 3.63) is 29.1 Å². The molecule has 0 fully saturated rings. The van der Waals surface area contributed by atoms with Crippen LogP contribution in [0.15, 0.2) is 12.1 Å². The van der Waals surface area contributed by atoms with Crippen molar-refractivity contribution >= 4 is 5.69 Å². The summed E-state index contributed by atoms with van der Waals surface area (Å²) in [6.07, 6.45) is 5.59. The molecule has 3 heteroatoms. The van der Waals surface area contributed by atoms with Crippen molar-refractivity contribution in [1.29, 1.82) is 0 Å². The van der Waals surface area contributed by atoms with Gasteiger partial charge in [-0.3, -0.25) is 0 Å². The number of rotatable bonds is 5. The van der Waals surface area contributed by atoms with Crippen molar-refractivity contribution in [3.63, 3.8) is 0 Å². The third-order valence-electron chi connectivity index (χ3n) is 2.87. The van der Waals surface area contributed by atoms with Crippen LogP contribution in [0, 0.1) is 25.1 Å². The summed E-state index contributed by atoms with van der Waals surface area (Å²) < 4.78 is 13.6. The molecule has 0 saturated heterocycles. The van der Waals surface area contributed by atoms with Crippen LogP contribution in [-0.4, -0.2) is 18.2 Å². The van der Waals surface area contributed by atoms with Gasteiger partial charge in [0.05, 0.1) is 12.6 Å². The Bertz CT molecular complexity index is 449. The van der Waals surface area contributed by atoms with E-state index in [1.165, 1.54) is 6.07 Å². The average molecular weight is 249 g/mol. The number of halogens is 1. The van der Waals surface area contributed by atoms with Crippen LogP contribution in [0.1, 0.15) is 37.5 Å². The second-order valence-corrected chi connectivity index (χ2v) is 4.46. The molecule has 0 radical (unpaired) electrons. The summed E-state index contributed by atoms with van der Waals surface area (Å²) in [5.74, 6) is 2.30. The number of hydrogen-bond donors (Lipinski definition) is 1. The van der Waals surface area contributed by atoms with Crippen LogP contribution >= 0.6 is 0 Å². The minimum absolute atomic E-state index is 0.299. The smallest absolute Gasteiger partial charge is 0.126 e. The highest BCUT2D eigenvalue weighted by Gasteiger charge is 2.16. The molecule has 1 aromatic carbocycles. The quantitative estimate of drug-likeness (QED) is 0.811. The molecule has 2 nitrogen and oxygen atoms in total. The Balaban J connectivity index is 3.26. The zero-order chi connectivity index (χ0) is 13.7. The Morgan fingerprint density at radius 2 is 2.17 bits per heavy atom. The Labute approximate surface area is 108 Å². The predicted molar refractivity (Wildman–Crippen MR) is 73.1 cm³/mol. The summed E-state index contributed by atoms with van der Waals surface area (Å²) in [5, 5.41) is 9.76. The number of benzene rings is 1. The number of anilines is 1. The molecule has 1 aromatic rings. The second-order valence-electron chi connectivity index (χ2n) is 4.46. The van der Waals surface area contributed by atoms with Crippen LogP contribution in [0.3, 0.4) is 0 Å². The maximum Gasteiger partial charge on any atom is 0.126 e. The van der Waals surface area contributed by atoms with E-state index in [4.69, 9.17) is 6.42 Å². The summed E-state index contributed by atoms with van der Waals surface area (Å²) in [4.78, 5) is 1.99. The topological polar surface area (TPSA) is 23.5 Å². The van der Waals surface area contributed by atoms with Gasteiger partial charge in [-0.05, 0) is 38.0 Å². The van der Waals surface area contributed by atoms with E-state index in [1.54, 1.807) is 19.9 Å². The van der Waals surface area contributed by atoms with Crippen LogP contribution in [0.4, 0.5) is 10.1 Å². The lowest BCUT2D eigenvalue weighted by atomic mass is 10.0. The van der Waals surface area contributed by atoms with E-state index in [0.29, 0.717) is 17.7 Å². The SMILES string of the molecule is C#CCN(CCC)c1cc(C)c(F)cc1C(C)O. The van der Waals surface area contributed by atoms with E-state index in [-0.39, 0.29) is 5.82 Å². The molecule has 0 bridgehead atoms. The highest BCUT2D eigenvalue weighted by atomic mass is 19.1. The van der Waals surface area contributed by atoms with E-state index >= 15 is 0 Å². The summed E-state index contributed by atoms with van der Waals surface area (Å²) >= 11 is 0. The van der Waals surface area contributed by atoms with E-state index in [2.05, 4.69) is 12.8 Å². The standard InChI is InChI=1S/C15H20FNO/c1-5-7-17(8-6-2)15-9-11(3)14(16)10-13(15)12(4)18/h1,9-10,12,18H,6-8H2,2-4H3. The average Bonchev–Trinajstić information content (AvgIpc) is 2.31. The number of hydrogen-bond acceptors (Lipinski definition) is 2. The minimum atomic E-state index is -0.716. The van der Waals surface area contributed by atoms with Gasteiger partial charge in [-0.2, -0.15) is 0 Å². The molecule has 0 heterocycles. The Morgan fingerprint density at radius 3 is 2.67 bits per heavy atom. The maximum absolute atomic E-state index is 13.6. The molecule has 1 unspecified atom stereocenters. The molecule has 0 amide bonds. The summed E-state index contributed by atoms with van der Waals surface area (Å²) in [7, 11) is 0. The van der Waals surface area contributed by atoms with Crippen molar-refractivity contribution in [3.8, 4) is 12.3 Å². The van der Waals surface area contributed by atoms with Crippen molar-refractivity contribution in [2.75, 3.05) is 18.0 Å². The zero-order valence-corrected chi connectivity index (χ0v) is 11.2. The number of aliphatic hydroxyl groups excluding tert-OH is 1. The van der Waals surface area contributed by atoms with Gasteiger partial charge in [-0.15, -0.1) is 6.42 Å². The third kappa shape index (κ3) is 3.24. The van der Waals surface area contributed by atoms with Gasteiger partial charge in [0.25, 0.3) is 0 Å². The van der Waals surface area contributed by atoms with Gasteiger partial charge in [-0.1, -0.05) is 12.8 Å². The first kappa shape index (κ1) is 14.5. The summed E-state index contributed by atoms with van der Waals surface area (Å²) in [5.41, 5.74) is 1.97. The van der Waals surface area contributed by atoms with Crippen molar-refractivity contribution < 1.29 is 9.50 Å². The molecule has 0 aliphatic rings. The fourth-order valence-electron chi connectivity index (χ4n) is 1.95. The fourth-order valence-corrected chi connectivity index (χ4v) is 1.95. The molecule has 1 N–H and O–H groups in total. The Morgan fingerprint density at radius 1 is 1.50 bits per heavy atom. The van der Waals surface area contributed by atoms with Gasteiger partial charge in [0.1, 0.15) is 5.82 Å². The summed E-state index contributed by atoms with van der Waals surface area (Å²) in [6, 6.07) is 3.15. The maximum atomic E-state index is 13.6. The van der Waals surface area contributed by atoms with Crippen molar-refractivity contribution in [2.45, 2.75) is 33.3 Å². The molecule has 0 saturated carbocycles. The highest BCUT2D eigenvalue weighted by molar-refractivity contribution is 5.57. The van der Waals surface area contributed by atoms with E-state index in [1.807, 2.05) is 4.90 Å². The van der Waals surface area contributed by atoms with Crippen LogP contribution in [0.5, 0.6) is 0 Å². The first-order valence-corrected chi connectivity index (χ1v) is 6.17. The van der Waals surface area contributed by atoms with E-state index in [9.17, 15) is 9.50 Å². The summed E-state index contributed by atoms with van der Waals surface area (Å²) in [6.45, 7) is 6.65. The Hall–Kier alpha value is -1.53. The number of nitrogens with zero attached hydrogens (tertiary/aromatic N) is 1. The Kier molecular flexibility index (Phi) is 5.18. The molecule has 18 heavy (non-hydrogen) atoms. The minimum Gasteiger partial charge on any atom is -0.389 e. The van der Waals surface area contributed by atoms with E-state index < -0.39 is 6.10 Å². The van der Waals surface area contributed by atoms with Crippen LogP contribution in [-0.2, 0) is 0 Å². The molecule has 0 aliphatic heterocycles. The van der Waals surface area contributed by atoms with Gasteiger partial charge < -0.3 is 10.0 Å². The highest BCUT2D eigenvalue weighted by Crippen LogP contribution is 2.29. The normalized spacial score (nSPS) is 12.0. The molecular weight excluding hydrogens is 229 g/mol. The van der Waals surface area contributed by atoms with Crippen LogP contribution in [0.25, 0.3) is 0 Å². The molecule has 98 valence electrons. The third-order valence-corrected chi connectivity index (χ3v) is 2.87. The van der Waals surface area contributed by atoms with Gasteiger partial charge in [0, 0.05) is 17.8 Å². The van der Waals surface area contributed by atoms with Crippen molar-refractivity contribution in [1.82, 2.24) is 0 Å². The first-order chi connectivity index (χ1) is 8.51. The fraction of sp³-hybridized carbons (Fsp3) is 0.467. The molecule has 1 atom stereocenters. The van der Waals surface area contributed by atoms with E-state index in [0.717, 1.165) is 18.7 Å². The van der Waals surface area contributed by atoms with Crippen LogP contribution < -0.4 is 4.90 Å². The molecule has 0 aliphatic carbocycles.